The average molecular weight is 303 g/mol. The van der Waals surface area contributed by atoms with E-state index in [0.29, 0.717) is 10.9 Å². The standard InChI is InChI=1S/C14H10FN3O2S/c1-20-8-4-5-10-11(7-8)21-14(17-10)18-13(19)9-3-2-6-16-12(9)15/h2-7H,1H3,(H,17,18,19). The molecule has 0 atom stereocenters. The molecular formula is C14H10FN3O2S. The molecule has 7 heteroatoms. The number of pyridine rings is 1. The molecule has 3 aromatic rings. The van der Waals surface area contributed by atoms with E-state index in [1.807, 2.05) is 6.07 Å². The first-order valence-electron chi connectivity index (χ1n) is 6.04. The number of ether oxygens (including phenoxy) is 1. The zero-order valence-corrected chi connectivity index (χ0v) is 11.8. The van der Waals surface area contributed by atoms with Crippen LogP contribution in [-0.4, -0.2) is 23.0 Å². The Morgan fingerprint density at radius 1 is 1.38 bits per heavy atom. The van der Waals surface area contributed by atoms with Gasteiger partial charge in [0, 0.05) is 6.20 Å². The van der Waals surface area contributed by atoms with E-state index in [-0.39, 0.29) is 5.56 Å². The first kappa shape index (κ1) is 13.4. The molecule has 1 N–H and O–H groups in total. The summed E-state index contributed by atoms with van der Waals surface area (Å²) in [7, 11) is 1.58. The second kappa shape index (κ2) is 5.45. The maximum Gasteiger partial charge on any atom is 0.262 e. The van der Waals surface area contributed by atoms with E-state index in [1.165, 1.54) is 29.7 Å². The number of hydrogen-bond donors (Lipinski definition) is 1. The summed E-state index contributed by atoms with van der Waals surface area (Å²) in [6.07, 6.45) is 1.29. The van der Waals surface area contributed by atoms with Crippen molar-refractivity contribution in [2.45, 2.75) is 0 Å². The lowest BCUT2D eigenvalue weighted by Gasteiger charge is -2.01. The fourth-order valence-corrected chi connectivity index (χ4v) is 2.69. The number of fused-ring (bicyclic) bond motifs is 1. The van der Waals surface area contributed by atoms with Gasteiger partial charge >= 0.3 is 0 Å². The zero-order valence-electron chi connectivity index (χ0n) is 11.0. The van der Waals surface area contributed by atoms with Gasteiger partial charge in [-0.25, -0.2) is 9.97 Å². The van der Waals surface area contributed by atoms with Gasteiger partial charge in [-0.3, -0.25) is 10.1 Å². The van der Waals surface area contributed by atoms with Gasteiger partial charge in [-0.15, -0.1) is 0 Å². The Balaban J connectivity index is 1.88. The minimum absolute atomic E-state index is 0.116. The number of thiazole rings is 1. The number of benzene rings is 1. The molecule has 0 fully saturated rings. The van der Waals surface area contributed by atoms with E-state index in [1.54, 1.807) is 19.2 Å². The topological polar surface area (TPSA) is 64.1 Å². The number of anilines is 1. The Kier molecular flexibility index (Phi) is 3.49. The Labute approximate surface area is 123 Å². The summed E-state index contributed by atoms with van der Waals surface area (Å²) >= 11 is 1.29. The van der Waals surface area contributed by atoms with Crippen LogP contribution in [0.15, 0.2) is 36.5 Å². The van der Waals surface area contributed by atoms with Crippen LogP contribution in [0.2, 0.25) is 0 Å². The van der Waals surface area contributed by atoms with Crippen molar-refractivity contribution in [2.24, 2.45) is 0 Å². The van der Waals surface area contributed by atoms with E-state index in [4.69, 9.17) is 4.74 Å². The Morgan fingerprint density at radius 2 is 2.24 bits per heavy atom. The maximum absolute atomic E-state index is 13.4. The molecule has 0 spiro atoms. The van der Waals surface area contributed by atoms with Crippen LogP contribution in [0.25, 0.3) is 10.2 Å². The van der Waals surface area contributed by atoms with Gasteiger partial charge in [0.05, 0.1) is 22.9 Å². The number of nitrogens with one attached hydrogen (secondary N) is 1. The van der Waals surface area contributed by atoms with Gasteiger partial charge in [0.2, 0.25) is 5.95 Å². The summed E-state index contributed by atoms with van der Waals surface area (Å²) in [5.41, 5.74) is 0.622. The highest BCUT2D eigenvalue weighted by atomic mass is 32.1. The van der Waals surface area contributed by atoms with Crippen LogP contribution in [0.4, 0.5) is 9.52 Å². The number of amides is 1. The number of halogens is 1. The Bertz CT molecular complexity index is 819. The number of hydrogen-bond acceptors (Lipinski definition) is 5. The van der Waals surface area contributed by atoms with Crippen molar-refractivity contribution in [3.8, 4) is 5.75 Å². The number of nitrogens with zero attached hydrogens (tertiary/aromatic N) is 2. The van der Waals surface area contributed by atoms with Gasteiger partial charge < -0.3 is 4.74 Å². The van der Waals surface area contributed by atoms with Crippen LogP contribution < -0.4 is 10.1 Å². The molecule has 0 saturated heterocycles. The van der Waals surface area contributed by atoms with Crippen LogP contribution in [0.5, 0.6) is 5.75 Å². The largest absolute Gasteiger partial charge is 0.497 e. The van der Waals surface area contributed by atoms with Gasteiger partial charge in [-0.1, -0.05) is 11.3 Å². The lowest BCUT2D eigenvalue weighted by Crippen LogP contribution is -2.14. The molecule has 106 valence electrons. The minimum Gasteiger partial charge on any atom is -0.497 e. The summed E-state index contributed by atoms with van der Waals surface area (Å²) in [6, 6.07) is 8.28. The summed E-state index contributed by atoms with van der Waals surface area (Å²) in [5, 5.41) is 2.97. The number of rotatable bonds is 3. The average Bonchev–Trinajstić information content (AvgIpc) is 2.88. The predicted molar refractivity (Wildman–Crippen MR) is 78.3 cm³/mol. The van der Waals surface area contributed by atoms with Gasteiger partial charge in [0.25, 0.3) is 5.91 Å². The highest BCUT2D eigenvalue weighted by Crippen LogP contribution is 2.29. The molecule has 3 rings (SSSR count). The first-order chi connectivity index (χ1) is 10.2. The summed E-state index contributed by atoms with van der Waals surface area (Å²) in [4.78, 5) is 19.7. The molecule has 0 aliphatic rings. The lowest BCUT2D eigenvalue weighted by molar-refractivity contribution is 0.102. The molecule has 1 aromatic carbocycles. The molecule has 21 heavy (non-hydrogen) atoms. The summed E-state index contributed by atoms with van der Waals surface area (Å²) in [5.74, 6) is -0.674. The number of carbonyl (C=O) groups is 1. The fraction of sp³-hybridized carbons (Fsp3) is 0.0714. The summed E-state index contributed by atoms with van der Waals surface area (Å²) < 4.78 is 19.4. The second-order valence-electron chi connectivity index (χ2n) is 4.15. The van der Waals surface area contributed by atoms with Crippen molar-refractivity contribution in [2.75, 3.05) is 12.4 Å². The third-order valence-electron chi connectivity index (χ3n) is 2.82. The summed E-state index contributed by atoms with van der Waals surface area (Å²) in [6.45, 7) is 0. The van der Waals surface area contributed by atoms with Crippen LogP contribution in [0, 0.1) is 5.95 Å². The van der Waals surface area contributed by atoms with E-state index in [0.717, 1.165) is 10.2 Å². The van der Waals surface area contributed by atoms with Crippen molar-refractivity contribution < 1.29 is 13.9 Å². The third-order valence-corrected chi connectivity index (χ3v) is 3.75. The quantitative estimate of drug-likeness (QED) is 0.755. The molecule has 2 aromatic heterocycles. The van der Waals surface area contributed by atoms with Crippen molar-refractivity contribution in [1.82, 2.24) is 9.97 Å². The van der Waals surface area contributed by atoms with E-state index in [9.17, 15) is 9.18 Å². The Morgan fingerprint density at radius 3 is 3.00 bits per heavy atom. The highest BCUT2D eigenvalue weighted by molar-refractivity contribution is 7.22. The van der Waals surface area contributed by atoms with E-state index < -0.39 is 11.9 Å². The fourth-order valence-electron chi connectivity index (χ4n) is 1.81. The van der Waals surface area contributed by atoms with Gasteiger partial charge in [-0.05, 0) is 30.3 Å². The maximum atomic E-state index is 13.4. The molecule has 0 radical (unpaired) electrons. The zero-order chi connectivity index (χ0) is 14.8. The van der Waals surface area contributed by atoms with Crippen LogP contribution in [-0.2, 0) is 0 Å². The van der Waals surface area contributed by atoms with Gasteiger partial charge in [-0.2, -0.15) is 4.39 Å². The molecular weight excluding hydrogens is 293 g/mol. The molecule has 0 aliphatic heterocycles. The minimum atomic E-state index is -0.808. The number of methoxy groups -OCH3 is 1. The van der Waals surface area contributed by atoms with Crippen LogP contribution in [0.3, 0.4) is 0 Å². The smallest absolute Gasteiger partial charge is 0.262 e. The van der Waals surface area contributed by atoms with Crippen molar-refractivity contribution >= 4 is 32.6 Å². The molecule has 0 saturated carbocycles. The predicted octanol–water partition coefficient (Wildman–Crippen LogP) is 3.09. The number of aromatic nitrogens is 2. The normalized spacial score (nSPS) is 10.6. The number of carbonyl (C=O) groups excluding carboxylic acids is 1. The monoisotopic (exact) mass is 303 g/mol. The molecule has 0 aliphatic carbocycles. The van der Waals surface area contributed by atoms with Gasteiger partial charge in [0.1, 0.15) is 5.75 Å². The molecule has 5 nitrogen and oxygen atoms in total. The first-order valence-corrected chi connectivity index (χ1v) is 6.85. The highest BCUT2D eigenvalue weighted by Gasteiger charge is 2.14. The SMILES string of the molecule is COc1ccc2nc(NC(=O)c3cccnc3F)sc2c1. The second-order valence-corrected chi connectivity index (χ2v) is 5.18. The Hall–Kier alpha value is -2.54. The van der Waals surface area contributed by atoms with Crippen molar-refractivity contribution in [1.29, 1.82) is 0 Å². The van der Waals surface area contributed by atoms with E-state index in [2.05, 4.69) is 15.3 Å². The molecule has 0 unspecified atom stereocenters. The lowest BCUT2D eigenvalue weighted by atomic mass is 10.2. The molecule has 2 heterocycles. The molecule has 0 bridgehead atoms. The van der Waals surface area contributed by atoms with Crippen LogP contribution in [0.1, 0.15) is 10.4 Å². The molecule has 1 amide bonds. The van der Waals surface area contributed by atoms with Gasteiger partial charge in [0.15, 0.2) is 5.13 Å². The van der Waals surface area contributed by atoms with Crippen molar-refractivity contribution in [3.63, 3.8) is 0 Å². The van der Waals surface area contributed by atoms with E-state index >= 15 is 0 Å². The van der Waals surface area contributed by atoms with Crippen LogP contribution >= 0.6 is 11.3 Å². The van der Waals surface area contributed by atoms with Crippen molar-refractivity contribution in [3.05, 3.63) is 48.0 Å². The third kappa shape index (κ3) is 2.68.